The zero-order chi connectivity index (χ0) is 17.9. The van der Waals surface area contributed by atoms with E-state index in [0.717, 1.165) is 32.3 Å². The lowest BCUT2D eigenvalue weighted by Gasteiger charge is -1.99. The summed E-state index contributed by atoms with van der Waals surface area (Å²) < 4.78 is 1.06. The van der Waals surface area contributed by atoms with Crippen molar-refractivity contribution in [2.75, 3.05) is 11.1 Å². The first-order valence-corrected chi connectivity index (χ1v) is 9.89. The molecule has 0 aliphatic heterocycles. The van der Waals surface area contributed by atoms with E-state index < -0.39 is 0 Å². The maximum atomic E-state index is 12.2. The quantitative estimate of drug-likeness (QED) is 0.491. The number of nitrogens with zero attached hydrogens (tertiary/aromatic N) is 2. The first-order chi connectivity index (χ1) is 12.7. The van der Waals surface area contributed by atoms with Gasteiger partial charge in [-0.3, -0.25) is 4.79 Å². The van der Waals surface area contributed by atoms with Crippen LogP contribution in [0.5, 0.6) is 0 Å². The van der Waals surface area contributed by atoms with Gasteiger partial charge in [0.1, 0.15) is 0 Å². The molecule has 130 valence electrons. The minimum atomic E-state index is -0.0932. The molecule has 0 aliphatic carbocycles. The van der Waals surface area contributed by atoms with E-state index in [1.807, 2.05) is 61.5 Å². The number of para-hydroxylation sites is 1. The van der Waals surface area contributed by atoms with Crippen LogP contribution in [-0.2, 0) is 4.79 Å². The molecule has 26 heavy (non-hydrogen) atoms. The zero-order valence-electron chi connectivity index (χ0n) is 14.0. The smallest absolute Gasteiger partial charge is 0.236 e. The van der Waals surface area contributed by atoms with Crippen molar-refractivity contribution in [3.05, 3.63) is 60.3 Å². The lowest BCUT2D eigenvalue weighted by atomic mass is 10.1. The lowest BCUT2D eigenvalue weighted by Crippen LogP contribution is -2.13. The highest BCUT2D eigenvalue weighted by molar-refractivity contribution is 7.99. The fourth-order valence-electron chi connectivity index (χ4n) is 2.59. The summed E-state index contributed by atoms with van der Waals surface area (Å²) in [6, 6.07) is 17.8. The molecule has 1 amide bonds. The van der Waals surface area contributed by atoms with Crippen LogP contribution in [-0.4, -0.2) is 26.6 Å². The molecule has 0 atom stereocenters. The van der Waals surface area contributed by atoms with Gasteiger partial charge in [-0.25, -0.2) is 9.97 Å². The predicted molar refractivity (Wildman–Crippen MR) is 108 cm³/mol. The highest BCUT2D eigenvalue weighted by Crippen LogP contribution is 2.27. The first-order valence-electron chi connectivity index (χ1n) is 8.09. The number of benzene rings is 2. The van der Waals surface area contributed by atoms with E-state index in [1.54, 1.807) is 0 Å². The summed E-state index contributed by atoms with van der Waals surface area (Å²) in [6.07, 6.45) is 0. The number of amides is 1. The molecule has 0 bridgehead atoms. The molecular weight excluding hydrogens is 364 g/mol. The van der Waals surface area contributed by atoms with Crippen molar-refractivity contribution in [3.8, 4) is 11.3 Å². The van der Waals surface area contributed by atoms with Gasteiger partial charge in [0, 0.05) is 11.3 Å². The van der Waals surface area contributed by atoms with Gasteiger partial charge in [-0.2, -0.15) is 0 Å². The van der Waals surface area contributed by atoms with Gasteiger partial charge in [-0.15, -0.1) is 0 Å². The Balaban J connectivity index is 1.40. The molecule has 0 spiro atoms. The van der Waals surface area contributed by atoms with E-state index >= 15 is 0 Å². The molecule has 2 aromatic carbocycles. The van der Waals surface area contributed by atoms with Crippen LogP contribution in [0.2, 0.25) is 0 Å². The Morgan fingerprint density at radius 3 is 2.69 bits per heavy atom. The zero-order valence-corrected chi connectivity index (χ0v) is 15.7. The van der Waals surface area contributed by atoms with E-state index in [9.17, 15) is 4.79 Å². The second kappa shape index (κ2) is 7.31. The second-order valence-corrected chi connectivity index (χ2v) is 7.70. The second-order valence-electron chi connectivity index (χ2n) is 5.71. The number of aromatic amines is 1. The minimum Gasteiger partial charge on any atom is -0.337 e. The minimum absolute atomic E-state index is 0.0932. The van der Waals surface area contributed by atoms with Gasteiger partial charge in [0.15, 0.2) is 10.3 Å². The van der Waals surface area contributed by atoms with Gasteiger partial charge >= 0.3 is 0 Å². The van der Waals surface area contributed by atoms with Crippen molar-refractivity contribution in [3.63, 3.8) is 0 Å². The number of nitrogens with one attached hydrogen (secondary N) is 2. The monoisotopic (exact) mass is 380 g/mol. The van der Waals surface area contributed by atoms with E-state index in [1.165, 1.54) is 23.1 Å². The number of aromatic nitrogens is 3. The van der Waals surface area contributed by atoms with Crippen LogP contribution in [0.25, 0.3) is 21.5 Å². The summed E-state index contributed by atoms with van der Waals surface area (Å²) in [5.41, 5.74) is 3.87. The highest BCUT2D eigenvalue weighted by Gasteiger charge is 2.12. The lowest BCUT2D eigenvalue weighted by molar-refractivity contribution is -0.113. The van der Waals surface area contributed by atoms with Gasteiger partial charge in [0.25, 0.3) is 0 Å². The third-order valence-electron chi connectivity index (χ3n) is 3.79. The summed E-state index contributed by atoms with van der Waals surface area (Å²) in [4.78, 5) is 24.5. The van der Waals surface area contributed by atoms with Gasteiger partial charge in [0.05, 0.1) is 21.7 Å². The average molecular weight is 380 g/mol. The van der Waals surface area contributed by atoms with Crippen molar-refractivity contribution in [2.24, 2.45) is 0 Å². The third kappa shape index (κ3) is 3.63. The molecule has 2 aromatic heterocycles. The number of thiazole rings is 1. The maximum absolute atomic E-state index is 12.2. The third-order valence-corrected chi connectivity index (χ3v) is 5.62. The molecule has 0 aliphatic rings. The largest absolute Gasteiger partial charge is 0.337 e. The number of rotatable bonds is 5. The summed E-state index contributed by atoms with van der Waals surface area (Å²) in [6.45, 7) is 1.99. The normalized spacial score (nSPS) is 11.0. The summed E-state index contributed by atoms with van der Waals surface area (Å²) >= 11 is 2.86. The Morgan fingerprint density at radius 2 is 1.88 bits per heavy atom. The van der Waals surface area contributed by atoms with Crippen molar-refractivity contribution >= 4 is 44.4 Å². The predicted octanol–water partition coefficient (Wildman–Crippen LogP) is 4.73. The van der Waals surface area contributed by atoms with Crippen LogP contribution in [0.1, 0.15) is 5.69 Å². The molecule has 7 heteroatoms. The maximum Gasteiger partial charge on any atom is 0.236 e. The van der Waals surface area contributed by atoms with Crippen molar-refractivity contribution < 1.29 is 4.79 Å². The Morgan fingerprint density at radius 1 is 1.12 bits per heavy atom. The Hall–Kier alpha value is -2.64. The standard InChI is InChI=1S/C19H16N4OS2/c1-12-17(13-7-3-2-4-8-13)23-18(20-12)25-11-16(24)22-19-21-14-9-5-6-10-15(14)26-19/h2-10H,11H2,1H3,(H,20,23)(H,21,22,24). The molecular formula is C19H16N4OS2. The number of H-pyrrole nitrogens is 1. The van der Waals surface area contributed by atoms with Crippen molar-refractivity contribution in [2.45, 2.75) is 12.1 Å². The van der Waals surface area contributed by atoms with Crippen LogP contribution < -0.4 is 5.32 Å². The number of carbonyl (C=O) groups excluding carboxylic acids is 1. The van der Waals surface area contributed by atoms with E-state index in [2.05, 4.69) is 20.3 Å². The van der Waals surface area contributed by atoms with E-state index in [0.29, 0.717) is 5.13 Å². The fraction of sp³-hybridized carbons (Fsp3) is 0.105. The van der Waals surface area contributed by atoms with Crippen molar-refractivity contribution in [1.82, 2.24) is 15.0 Å². The number of anilines is 1. The number of imidazole rings is 1. The number of carbonyl (C=O) groups is 1. The Kier molecular flexibility index (Phi) is 4.73. The number of aryl methyl sites for hydroxylation is 1. The SMILES string of the molecule is Cc1[nH]c(SCC(=O)Nc2nc3ccccc3s2)nc1-c1ccccc1. The average Bonchev–Trinajstić information content (AvgIpc) is 3.23. The van der Waals surface area contributed by atoms with Crippen LogP contribution in [0.15, 0.2) is 59.8 Å². The van der Waals surface area contributed by atoms with Gasteiger partial charge in [-0.1, -0.05) is 65.6 Å². The summed E-state index contributed by atoms with van der Waals surface area (Å²) in [5.74, 6) is 0.182. The van der Waals surface area contributed by atoms with Crippen LogP contribution in [0.3, 0.4) is 0 Å². The molecule has 0 radical (unpaired) electrons. The Bertz CT molecular complexity index is 1020. The van der Waals surface area contributed by atoms with Crippen LogP contribution >= 0.6 is 23.1 Å². The fourth-order valence-corrected chi connectivity index (χ4v) is 4.20. The van der Waals surface area contributed by atoms with Crippen LogP contribution in [0.4, 0.5) is 5.13 Å². The molecule has 4 rings (SSSR count). The molecule has 0 unspecified atom stereocenters. The summed E-state index contributed by atoms with van der Waals surface area (Å²) in [5, 5.41) is 4.22. The topological polar surface area (TPSA) is 70.7 Å². The van der Waals surface area contributed by atoms with Crippen molar-refractivity contribution in [1.29, 1.82) is 0 Å². The van der Waals surface area contributed by atoms with Crippen LogP contribution in [0, 0.1) is 6.92 Å². The molecule has 4 aromatic rings. The number of hydrogen-bond acceptors (Lipinski definition) is 5. The molecule has 2 heterocycles. The molecule has 0 saturated carbocycles. The van der Waals surface area contributed by atoms with Gasteiger partial charge < -0.3 is 10.3 Å². The number of thioether (sulfide) groups is 1. The Labute approximate surface area is 158 Å². The van der Waals surface area contributed by atoms with Gasteiger partial charge in [-0.05, 0) is 19.1 Å². The number of hydrogen-bond donors (Lipinski definition) is 2. The molecule has 2 N–H and O–H groups in total. The first kappa shape index (κ1) is 16.8. The number of fused-ring (bicyclic) bond motifs is 1. The van der Waals surface area contributed by atoms with E-state index in [4.69, 9.17) is 0 Å². The van der Waals surface area contributed by atoms with Gasteiger partial charge in [0.2, 0.25) is 5.91 Å². The highest BCUT2D eigenvalue weighted by atomic mass is 32.2. The summed E-state index contributed by atoms with van der Waals surface area (Å²) in [7, 11) is 0. The molecule has 0 fully saturated rings. The molecule has 0 saturated heterocycles. The van der Waals surface area contributed by atoms with E-state index in [-0.39, 0.29) is 11.7 Å². The molecule has 5 nitrogen and oxygen atoms in total.